The number of rotatable bonds is 1. The Labute approximate surface area is 92.6 Å². The van der Waals surface area contributed by atoms with Gasteiger partial charge in [0.2, 0.25) is 5.95 Å². The lowest BCUT2D eigenvalue weighted by Crippen LogP contribution is -2.18. The molecule has 1 aromatic heterocycles. The first-order valence-electron chi connectivity index (χ1n) is 5.26. The third kappa shape index (κ3) is 1.39. The van der Waals surface area contributed by atoms with Crippen LogP contribution in [0.15, 0.2) is 41.2 Å². The van der Waals surface area contributed by atoms with Gasteiger partial charge < -0.3 is 5.32 Å². The molecule has 0 fully saturated rings. The first kappa shape index (κ1) is 9.15. The number of nitrogens with zero attached hydrogens (tertiary/aromatic N) is 2. The van der Waals surface area contributed by atoms with Crippen molar-refractivity contribution in [1.82, 2.24) is 9.55 Å². The lowest BCUT2D eigenvalue weighted by Gasteiger charge is -2.04. The molecule has 0 spiro atoms. The smallest absolute Gasteiger partial charge is 0.255 e. The van der Waals surface area contributed by atoms with E-state index >= 15 is 0 Å². The summed E-state index contributed by atoms with van der Waals surface area (Å²) >= 11 is 0. The molecule has 3 rings (SSSR count). The Kier molecular flexibility index (Phi) is 1.99. The summed E-state index contributed by atoms with van der Waals surface area (Å²) in [7, 11) is 0. The van der Waals surface area contributed by atoms with Crippen LogP contribution in [0, 0.1) is 0 Å². The molecular formula is C12H11N3O. The van der Waals surface area contributed by atoms with Crippen LogP contribution in [0.4, 0.5) is 5.95 Å². The molecule has 1 aliphatic rings. The van der Waals surface area contributed by atoms with Crippen LogP contribution >= 0.6 is 0 Å². The van der Waals surface area contributed by atoms with E-state index in [-0.39, 0.29) is 5.56 Å². The van der Waals surface area contributed by atoms with Crippen LogP contribution in [-0.2, 0) is 6.54 Å². The van der Waals surface area contributed by atoms with Crippen molar-refractivity contribution in [3.63, 3.8) is 0 Å². The molecule has 0 aliphatic carbocycles. The summed E-state index contributed by atoms with van der Waals surface area (Å²) < 4.78 is 1.66. The second kappa shape index (κ2) is 3.48. The fraction of sp³-hybridized carbons (Fsp3) is 0.167. The van der Waals surface area contributed by atoms with Crippen LogP contribution < -0.4 is 10.9 Å². The van der Waals surface area contributed by atoms with Crippen molar-refractivity contribution in [2.45, 2.75) is 6.54 Å². The molecule has 2 aromatic rings. The fourth-order valence-corrected chi connectivity index (χ4v) is 1.89. The van der Waals surface area contributed by atoms with Gasteiger partial charge in [-0.1, -0.05) is 30.3 Å². The minimum absolute atomic E-state index is 0.00820. The summed E-state index contributed by atoms with van der Waals surface area (Å²) in [6.07, 6.45) is 0. The number of hydrogen-bond donors (Lipinski definition) is 1. The highest BCUT2D eigenvalue weighted by atomic mass is 16.1. The van der Waals surface area contributed by atoms with Crippen LogP contribution in [0.5, 0.6) is 0 Å². The summed E-state index contributed by atoms with van der Waals surface area (Å²) in [5.74, 6) is 0.673. The van der Waals surface area contributed by atoms with Crippen LogP contribution in [0.2, 0.25) is 0 Å². The van der Waals surface area contributed by atoms with Gasteiger partial charge in [-0.3, -0.25) is 9.36 Å². The molecule has 0 bridgehead atoms. The number of aromatic nitrogens is 2. The summed E-state index contributed by atoms with van der Waals surface area (Å²) in [5.41, 5.74) is 1.71. The van der Waals surface area contributed by atoms with Gasteiger partial charge >= 0.3 is 0 Å². The molecule has 1 aliphatic heterocycles. The van der Waals surface area contributed by atoms with Gasteiger partial charge in [0.15, 0.2) is 0 Å². The molecule has 0 saturated carbocycles. The van der Waals surface area contributed by atoms with E-state index in [9.17, 15) is 4.79 Å². The highest BCUT2D eigenvalue weighted by Crippen LogP contribution is 2.17. The molecule has 4 heteroatoms. The van der Waals surface area contributed by atoms with E-state index in [1.807, 2.05) is 30.3 Å². The highest BCUT2D eigenvalue weighted by Gasteiger charge is 2.13. The number of fused-ring (bicyclic) bond motifs is 1. The molecule has 0 saturated heterocycles. The van der Waals surface area contributed by atoms with Gasteiger partial charge in [0.05, 0.1) is 5.69 Å². The first-order valence-corrected chi connectivity index (χ1v) is 5.26. The maximum absolute atomic E-state index is 11.8. The molecule has 16 heavy (non-hydrogen) atoms. The Morgan fingerprint density at radius 3 is 2.88 bits per heavy atom. The Morgan fingerprint density at radius 1 is 1.25 bits per heavy atom. The molecule has 0 amide bonds. The predicted octanol–water partition coefficient (Wildman–Crippen LogP) is 1.34. The van der Waals surface area contributed by atoms with Crippen molar-refractivity contribution < 1.29 is 0 Å². The van der Waals surface area contributed by atoms with Crippen molar-refractivity contribution in [1.29, 1.82) is 0 Å². The summed E-state index contributed by atoms with van der Waals surface area (Å²) in [4.78, 5) is 16.2. The van der Waals surface area contributed by atoms with E-state index in [2.05, 4.69) is 10.3 Å². The van der Waals surface area contributed by atoms with Crippen molar-refractivity contribution >= 4 is 5.95 Å². The van der Waals surface area contributed by atoms with Gasteiger partial charge in [-0.25, -0.2) is 4.98 Å². The topological polar surface area (TPSA) is 46.9 Å². The van der Waals surface area contributed by atoms with Crippen molar-refractivity contribution in [3.05, 3.63) is 46.8 Å². The molecule has 0 radical (unpaired) electrons. The molecule has 0 unspecified atom stereocenters. The fourth-order valence-electron chi connectivity index (χ4n) is 1.89. The largest absolute Gasteiger partial charge is 0.354 e. The number of nitrogens with one attached hydrogen (secondary N) is 1. The SMILES string of the molecule is O=c1cc(-c2ccccc2)nc2n1CCN2. The predicted molar refractivity (Wildman–Crippen MR) is 62.4 cm³/mol. The molecule has 1 aromatic carbocycles. The molecule has 1 N–H and O–H groups in total. The zero-order valence-corrected chi connectivity index (χ0v) is 8.68. The maximum Gasteiger partial charge on any atom is 0.255 e. The highest BCUT2D eigenvalue weighted by molar-refractivity contribution is 5.60. The second-order valence-electron chi connectivity index (χ2n) is 3.75. The van der Waals surface area contributed by atoms with Gasteiger partial charge in [-0.05, 0) is 0 Å². The lowest BCUT2D eigenvalue weighted by molar-refractivity contribution is 0.762. The average molecular weight is 213 g/mol. The van der Waals surface area contributed by atoms with Crippen molar-refractivity contribution in [2.75, 3.05) is 11.9 Å². The van der Waals surface area contributed by atoms with Gasteiger partial charge in [0, 0.05) is 24.7 Å². The Bertz CT molecular complexity index is 575. The van der Waals surface area contributed by atoms with Crippen molar-refractivity contribution in [2.24, 2.45) is 0 Å². The summed E-state index contributed by atoms with van der Waals surface area (Å²) in [6.45, 7) is 1.48. The summed E-state index contributed by atoms with van der Waals surface area (Å²) in [6, 6.07) is 11.3. The van der Waals surface area contributed by atoms with Crippen molar-refractivity contribution in [3.8, 4) is 11.3 Å². The van der Waals surface area contributed by atoms with Gasteiger partial charge in [-0.15, -0.1) is 0 Å². The minimum Gasteiger partial charge on any atom is -0.354 e. The van der Waals surface area contributed by atoms with E-state index in [0.717, 1.165) is 17.8 Å². The van der Waals surface area contributed by atoms with E-state index in [0.29, 0.717) is 12.5 Å². The third-order valence-corrected chi connectivity index (χ3v) is 2.70. The Balaban J connectivity index is 2.17. The number of hydrogen-bond acceptors (Lipinski definition) is 3. The quantitative estimate of drug-likeness (QED) is 0.777. The second-order valence-corrected chi connectivity index (χ2v) is 3.75. The van der Waals surface area contributed by atoms with E-state index < -0.39 is 0 Å². The van der Waals surface area contributed by atoms with E-state index in [1.165, 1.54) is 0 Å². The third-order valence-electron chi connectivity index (χ3n) is 2.70. The molecule has 80 valence electrons. The van der Waals surface area contributed by atoms with Gasteiger partial charge in [0.25, 0.3) is 5.56 Å². The Hall–Kier alpha value is -2.10. The normalized spacial score (nSPS) is 13.2. The molecule has 2 heterocycles. The zero-order valence-electron chi connectivity index (χ0n) is 8.68. The van der Waals surface area contributed by atoms with E-state index in [1.54, 1.807) is 10.6 Å². The van der Waals surface area contributed by atoms with Crippen LogP contribution in [0.3, 0.4) is 0 Å². The first-order chi connectivity index (χ1) is 7.84. The lowest BCUT2D eigenvalue weighted by atomic mass is 10.1. The van der Waals surface area contributed by atoms with Gasteiger partial charge in [0.1, 0.15) is 0 Å². The zero-order chi connectivity index (χ0) is 11.0. The molecular weight excluding hydrogens is 202 g/mol. The van der Waals surface area contributed by atoms with Crippen LogP contribution in [0.25, 0.3) is 11.3 Å². The number of benzene rings is 1. The Morgan fingerprint density at radius 2 is 2.06 bits per heavy atom. The summed E-state index contributed by atoms with van der Waals surface area (Å²) in [5, 5.41) is 3.10. The van der Waals surface area contributed by atoms with E-state index in [4.69, 9.17) is 0 Å². The molecule has 4 nitrogen and oxygen atoms in total. The van der Waals surface area contributed by atoms with Gasteiger partial charge in [-0.2, -0.15) is 0 Å². The standard InChI is InChI=1S/C12H11N3O/c16-11-8-10(9-4-2-1-3-5-9)14-12-13-6-7-15(11)12/h1-5,8H,6-7H2,(H,13,14). The monoisotopic (exact) mass is 213 g/mol. The van der Waals surface area contributed by atoms with Crippen LogP contribution in [0.1, 0.15) is 0 Å². The van der Waals surface area contributed by atoms with Crippen LogP contribution in [-0.4, -0.2) is 16.1 Å². The minimum atomic E-state index is 0.00820. The number of anilines is 1. The maximum atomic E-state index is 11.8. The average Bonchev–Trinajstić information content (AvgIpc) is 2.79. The molecule has 0 atom stereocenters.